The minimum absolute atomic E-state index is 0.226. The largest absolute Gasteiger partial charge is 0.361 e. The van der Waals surface area contributed by atoms with Crippen molar-refractivity contribution < 1.29 is 9.32 Å². The molecule has 1 aliphatic heterocycles. The third-order valence-corrected chi connectivity index (χ3v) is 6.21. The van der Waals surface area contributed by atoms with Gasteiger partial charge in [-0.25, -0.2) is 4.98 Å². The van der Waals surface area contributed by atoms with Gasteiger partial charge in [-0.1, -0.05) is 46.3 Å². The number of piperidine rings is 1. The highest BCUT2D eigenvalue weighted by atomic mass is 32.1. The molecule has 0 aliphatic carbocycles. The van der Waals surface area contributed by atoms with Gasteiger partial charge in [0.15, 0.2) is 11.5 Å². The van der Waals surface area contributed by atoms with E-state index in [1.165, 1.54) is 19.3 Å². The Morgan fingerprint density at radius 3 is 2.60 bits per heavy atom. The van der Waals surface area contributed by atoms with Crippen LogP contribution in [0.2, 0.25) is 0 Å². The number of nitrogens with one attached hydrogen (secondary N) is 1. The molecule has 1 fully saturated rings. The van der Waals surface area contributed by atoms with Crippen LogP contribution in [0.1, 0.15) is 41.1 Å². The van der Waals surface area contributed by atoms with Crippen LogP contribution in [-0.4, -0.2) is 38.8 Å². The first-order valence-corrected chi connectivity index (χ1v) is 10.9. The fourth-order valence-corrected chi connectivity index (χ4v) is 4.57. The smallest absolute Gasteiger partial charge is 0.279 e. The summed E-state index contributed by atoms with van der Waals surface area (Å²) in [5, 5.41) is 12.5. The van der Waals surface area contributed by atoms with Crippen molar-refractivity contribution in [3.8, 4) is 11.3 Å². The van der Waals surface area contributed by atoms with Gasteiger partial charge in [-0.05, 0) is 33.1 Å². The average Bonchev–Trinajstić information content (AvgIpc) is 3.45. The average molecular weight is 423 g/mol. The number of fused-ring (bicyclic) bond motifs is 1. The number of nitrogens with zero attached hydrogens (tertiary/aromatic N) is 5. The third kappa shape index (κ3) is 3.45. The molecule has 4 heterocycles. The lowest BCUT2D eigenvalue weighted by Gasteiger charge is -2.25. The Morgan fingerprint density at radius 2 is 1.90 bits per heavy atom. The van der Waals surface area contributed by atoms with Crippen molar-refractivity contribution >= 4 is 33.2 Å². The van der Waals surface area contributed by atoms with Crippen molar-refractivity contribution in [1.29, 1.82) is 0 Å². The van der Waals surface area contributed by atoms with Gasteiger partial charge < -0.3 is 14.7 Å². The lowest BCUT2D eigenvalue weighted by atomic mass is 10.1. The van der Waals surface area contributed by atoms with Crippen LogP contribution in [0.4, 0.5) is 10.9 Å². The zero-order chi connectivity index (χ0) is 20.7. The van der Waals surface area contributed by atoms with E-state index in [0.29, 0.717) is 17.3 Å². The molecule has 0 spiro atoms. The van der Waals surface area contributed by atoms with Gasteiger partial charge in [-0.15, -0.1) is 5.10 Å². The molecule has 0 bridgehead atoms. The maximum absolute atomic E-state index is 12.8. The fourth-order valence-electron chi connectivity index (χ4n) is 3.62. The molecule has 0 atom stereocenters. The standard InChI is InChI=1S/C21H22N6O2S/c1-13-6-8-15(9-7-13)17-18(23-19(28)16-12-14(2)29-25-16)27-20(22-17)30-21(24-27)26-10-4-3-5-11-26/h6-9,12H,3-5,10-11H2,1-2H3,(H,23,28). The summed E-state index contributed by atoms with van der Waals surface area (Å²) in [5.74, 6) is 0.770. The number of hydrogen-bond donors (Lipinski definition) is 1. The Hall–Kier alpha value is -3.20. The monoisotopic (exact) mass is 422 g/mol. The molecular formula is C21H22N6O2S. The summed E-state index contributed by atoms with van der Waals surface area (Å²) < 4.78 is 6.78. The van der Waals surface area contributed by atoms with Gasteiger partial charge >= 0.3 is 0 Å². The van der Waals surface area contributed by atoms with E-state index in [9.17, 15) is 4.79 Å². The molecule has 0 saturated carbocycles. The molecule has 1 N–H and O–H groups in total. The Bertz CT molecular complexity index is 1200. The second-order valence-electron chi connectivity index (χ2n) is 7.58. The van der Waals surface area contributed by atoms with E-state index in [1.807, 2.05) is 31.2 Å². The summed E-state index contributed by atoms with van der Waals surface area (Å²) in [6.45, 7) is 5.80. The first kappa shape index (κ1) is 18.8. The van der Waals surface area contributed by atoms with Crippen LogP contribution in [0.5, 0.6) is 0 Å². The number of aryl methyl sites for hydroxylation is 2. The van der Waals surface area contributed by atoms with Crippen molar-refractivity contribution in [2.45, 2.75) is 33.1 Å². The molecule has 8 nitrogen and oxygen atoms in total. The lowest BCUT2D eigenvalue weighted by Crippen LogP contribution is -2.29. The number of rotatable bonds is 4. The van der Waals surface area contributed by atoms with Gasteiger partial charge in [0, 0.05) is 24.7 Å². The molecule has 30 heavy (non-hydrogen) atoms. The number of imidazole rings is 1. The predicted octanol–water partition coefficient (Wildman–Crippen LogP) is 4.31. The number of aromatic nitrogens is 4. The number of carbonyl (C=O) groups is 1. The van der Waals surface area contributed by atoms with E-state index in [1.54, 1.807) is 28.8 Å². The number of benzene rings is 1. The second-order valence-corrected chi connectivity index (χ2v) is 8.51. The first-order chi connectivity index (χ1) is 14.6. The molecule has 1 aromatic carbocycles. The molecule has 1 saturated heterocycles. The van der Waals surface area contributed by atoms with E-state index in [-0.39, 0.29) is 11.6 Å². The lowest BCUT2D eigenvalue weighted by molar-refractivity contribution is 0.101. The van der Waals surface area contributed by atoms with Gasteiger partial charge in [0.2, 0.25) is 10.1 Å². The molecule has 0 radical (unpaired) electrons. The highest BCUT2D eigenvalue weighted by Gasteiger charge is 2.24. The van der Waals surface area contributed by atoms with Crippen LogP contribution in [0, 0.1) is 13.8 Å². The van der Waals surface area contributed by atoms with Gasteiger partial charge in [0.1, 0.15) is 11.5 Å². The minimum Gasteiger partial charge on any atom is -0.361 e. The van der Waals surface area contributed by atoms with Crippen molar-refractivity contribution in [2.24, 2.45) is 0 Å². The van der Waals surface area contributed by atoms with Gasteiger partial charge in [-0.3, -0.25) is 4.79 Å². The Balaban J connectivity index is 1.57. The fraction of sp³-hybridized carbons (Fsp3) is 0.333. The Morgan fingerprint density at radius 1 is 1.13 bits per heavy atom. The molecule has 0 unspecified atom stereocenters. The maximum atomic E-state index is 12.8. The maximum Gasteiger partial charge on any atom is 0.279 e. The summed E-state index contributed by atoms with van der Waals surface area (Å²) >= 11 is 1.54. The van der Waals surface area contributed by atoms with Crippen LogP contribution < -0.4 is 10.2 Å². The summed E-state index contributed by atoms with van der Waals surface area (Å²) in [6.07, 6.45) is 3.60. The number of hydrogen-bond acceptors (Lipinski definition) is 7. The molecule has 3 aromatic heterocycles. The van der Waals surface area contributed by atoms with Crippen LogP contribution in [0.3, 0.4) is 0 Å². The zero-order valence-electron chi connectivity index (χ0n) is 16.9. The molecular weight excluding hydrogens is 400 g/mol. The van der Waals surface area contributed by atoms with Gasteiger partial charge in [0.25, 0.3) is 5.91 Å². The summed E-state index contributed by atoms with van der Waals surface area (Å²) in [5.41, 5.74) is 3.00. The summed E-state index contributed by atoms with van der Waals surface area (Å²) in [4.78, 5) is 20.7. The van der Waals surface area contributed by atoms with Crippen LogP contribution in [-0.2, 0) is 0 Å². The normalized spacial score (nSPS) is 14.4. The van der Waals surface area contributed by atoms with E-state index in [4.69, 9.17) is 14.6 Å². The van der Waals surface area contributed by atoms with Crippen LogP contribution in [0.15, 0.2) is 34.9 Å². The Labute approximate surface area is 177 Å². The van der Waals surface area contributed by atoms with Crippen molar-refractivity contribution in [3.05, 3.63) is 47.3 Å². The zero-order valence-corrected chi connectivity index (χ0v) is 17.7. The second kappa shape index (κ2) is 7.56. The van der Waals surface area contributed by atoms with Crippen molar-refractivity contribution in [3.63, 3.8) is 0 Å². The first-order valence-electron chi connectivity index (χ1n) is 10.0. The van der Waals surface area contributed by atoms with E-state index >= 15 is 0 Å². The molecule has 4 aromatic rings. The Kier molecular flexibility index (Phi) is 4.74. The molecule has 5 rings (SSSR count). The number of anilines is 2. The minimum atomic E-state index is -0.352. The summed E-state index contributed by atoms with van der Waals surface area (Å²) in [7, 11) is 0. The quantitative estimate of drug-likeness (QED) is 0.527. The van der Waals surface area contributed by atoms with E-state index in [2.05, 4.69) is 15.4 Å². The highest BCUT2D eigenvalue weighted by molar-refractivity contribution is 7.20. The highest BCUT2D eigenvalue weighted by Crippen LogP contribution is 2.34. The molecule has 9 heteroatoms. The topological polar surface area (TPSA) is 88.6 Å². The van der Waals surface area contributed by atoms with Gasteiger partial charge in [0.05, 0.1) is 0 Å². The van der Waals surface area contributed by atoms with Crippen molar-refractivity contribution in [2.75, 3.05) is 23.3 Å². The van der Waals surface area contributed by atoms with Crippen LogP contribution >= 0.6 is 11.3 Å². The van der Waals surface area contributed by atoms with E-state index < -0.39 is 0 Å². The van der Waals surface area contributed by atoms with Crippen molar-refractivity contribution in [1.82, 2.24) is 19.8 Å². The molecule has 1 amide bonds. The number of carbonyl (C=O) groups excluding carboxylic acids is 1. The molecule has 1 aliphatic rings. The van der Waals surface area contributed by atoms with E-state index in [0.717, 1.165) is 34.3 Å². The predicted molar refractivity (Wildman–Crippen MR) is 116 cm³/mol. The summed E-state index contributed by atoms with van der Waals surface area (Å²) in [6, 6.07) is 9.68. The van der Waals surface area contributed by atoms with Crippen LogP contribution in [0.25, 0.3) is 16.2 Å². The SMILES string of the molecule is Cc1ccc(-c2nc3sc(N4CCCCC4)nn3c2NC(=O)c2cc(C)on2)cc1. The number of amides is 1. The van der Waals surface area contributed by atoms with Gasteiger partial charge in [-0.2, -0.15) is 4.52 Å². The third-order valence-electron chi connectivity index (χ3n) is 5.24. The molecule has 154 valence electrons.